The number of hydrogen-bond acceptors (Lipinski definition) is 13. The second-order valence-corrected chi connectivity index (χ2v) is 20.2. The molecule has 0 unspecified atom stereocenters. The van der Waals surface area contributed by atoms with Crippen LogP contribution >= 0.6 is 0 Å². The highest BCUT2D eigenvalue weighted by Crippen LogP contribution is 2.76. The number of hydrogen-bond donors (Lipinski definition) is 9. The summed E-state index contributed by atoms with van der Waals surface area (Å²) < 4.78 is 24.1. The lowest BCUT2D eigenvalue weighted by molar-refractivity contribution is -0.368. The van der Waals surface area contributed by atoms with Gasteiger partial charge in [0.1, 0.15) is 42.7 Å². The fourth-order valence-electron chi connectivity index (χ4n) is 13.5. The highest BCUT2D eigenvalue weighted by molar-refractivity contribution is 5.35. The molecule has 7 aliphatic rings. The van der Waals surface area contributed by atoms with Gasteiger partial charge in [0.15, 0.2) is 12.6 Å². The summed E-state index contributed by atoms with van der Waals surface area (Å²) in [6, 6.07) is 0. The standard InChI is InChI=1S/C41H68O13/c1-36(2)13-14-41(20-44)22(15-36)21-7-8-26-37(3)11-10-28(38(4,19-43)25(37)9-12-39(26,5)40(21,6)16-27(41)46)53-35-33(29(47)23(45)18-51-35)54-34-32(50)31(49)30(48)24(17-42)52-34/h7,22-35,42-50H,8-20H2,1-6H3/t22-,23+,24-,25-,26-,27-,28+,29+,30-,31+,32-,33-,34+,35+,37+,38+,39-,40-,41-/m1/s1. The van der Waals surface area contributed by atoms with E-state index in [1.807, 2.05) is 0 Å². The van der Waals surface area contributed by atoms with Crippen LogP contribution in [0.25, 0.3) is 0 Å². The van der Waals surface area contributed by atoms with Crippen molar-refractivity contribution in [1.82, 2.24) is 0 Å². The van der Waals surface area contributed by atoms with Gasteiger partial charge in [-0.1, -0.05) is 53.2 Å². The summed E-state index contributed by atoms with van der Waals surface area (Å²) in [6.45, 7) is 12.8. The molecule has 4 saturated carbocycles. The Labute approximate surface area is 319 Å². The summed E-state index contributed by atoms with van der Waals surface area (Å²) in [5.74, 6) is 0.436. The molecule has 0 radical (unpaired) electrons. The Kier molecular flexibility index (Phi) is 10.9. The third kappa shape index (κ3) is 5.96. The molecule has 0 spiro atoms. The molecule has 2 saturated heterocycles. The SMILES string of the molecule is CC1(C)CC[C@]2(CO)[C@H](O)C[C@]3(C)C(=CC[C@@H]4[C@@]5(C)CC[C@H](O[C@@H]6OC[C@H](O)[C@H](O)[C@H]6O[C@@H]6O[C@H](CO)[C@@H](O)[C@H](O)[C@H]6O)[C@@](C)(CO)[C@@H]5CC[C@]43C)[C@H]2C1. The van der Waals surface area contributed by atoms with Crippen molar-refractivity contribution >= 4 is 0 Å². The Bertz CT molecular complexity index is 1410. The van der Waals surface area contributed by atoms with Crippen molar-refractivity contribution in [2.75, 3.05) is 26.4 Å². The van der Waals surface area contributed by atoms with Gasteiger partial charge in [-0.25, -0.2) is 0 Å². The molecular formula is C41H68O13. The first-order valence-corrected chi connectivity index (χ1v) is 20.5. The van der Waals surface area contributed by atoms with Crippen LogP contribution in [0.5, 0.6) is 0 Å². The quantitative estimate of drug-likeness (QED) is 0.132. The largest absolute Gasteiger partial charge is 0.396 e. The number of allylic oxidation sites excluding steroid dienone is 2. The van der Waals surface area contributed by atoms with Crippen molar-refractivity contribution in [2.45, 2.75) is 167 Å². The van der Waals surface area contributed by atoms with Gasteiger partial charge in [0.25, 0.3) is 0 Å². The van der Waals surface area contributed by atoms with E-state index < -0.39 is 85.0 Å². The molecule has 54 heavy (non-hydrogen) atoms. The Morgan fingerprint density at radius 1 is 0.741 bits per heavy atom. The molecule has 2 heterocycles. The average Bonchev–Trinajstić information content (AvgIpc) is 3.12. The van der Waals surface area contributed by atoms with Gasteiger partial charge < -0.3 is 64.9 Å². The lowest BCUT2D eigenvalue weighted by atomic mass is 9.33. The zero-order chi connectivity index (χ0) is 39.4. The third-order valence-electron chi connectivity index (χ3n) is 17.1. The van der Waals surface area contributed by atoms with Crippen LogP contribution in [-0.2, 0) is 18.9 Å². The fraction of sp³-hybridized carbons (Fsp3) is 0.951. The molecule has 13 nitrogen and oxygen atoms in total. The monoisotopic (exact) mass is 768 g/mol. The Hall–Kier alpha value is -0.780. The summed E-state index contributed by atoms with van der Waals surface area (Å²) >= 11 is 0. The lowest BCUT2D eigenvalue weighted by Crippen LogP contribution is -2.68. The summed E-state index contributed by atoms with van der Waals surface area (Å²) in [6.07, 6.45) is -4.61. The second kappa shape index (κ2) is 14.2. The number of fused-ring (bicyclic) bond motifs is 7. The molecule has 6 fully saturated rings. The van der Waals surface area contributed by atoms with E-state index in [4.69, 9.17) is 18.9 Å². The first kappa shape index (κ1) is 41.4. The molecule has 9 N–H and O–H groups in total. The molecule has 2 aliphatic heterocycles. The molecule has 0 aromatic heterocycles. The minimum Gasteiger partial charge on any atom is -0.396 e. The first-order chi connectivity index (χ1) is 25.3. The Balaban J connectivity index is 1.15. The smallest absolute Gasteiger partial charge is 0.187 e. The predicted molar refractivity (Wildman–Crippen MR) is 194 cm³/mol. The van der Waals surface area contributed by atoms with E-state index in [1.54, 1.807) is 0 Å². The average molecular weight is 769 g/mol. The van der Waals surface area contributed by atoms with Crippen LogP contribution in [0.3, 0.4) is 0 Å². The summed E-state index contributed by atoms with van der Waals surface area (Å²) in [5.41, 5.74) is -0.266. The fourth-order valence-corrected chi connectivity index (χ4v) is 13.5. The number of aliphatic hydroxyl groups is 9. The maximum Gasteiger partial charge on any atom is 0.187 e. The lowest BCUT2D eigenvalue weighted by Gasteiger charge is -2.72. The maximum absolute atomic E-state index is 12.0. The number of aliphatic hydroxyl groups excluding tert-OH is 9. The molecule has 13 heteroatoms. The van der Waals surface area contributed by atoms with Gasteiger partial charge in [0.05, 0.1) is 38.6 Å². The Morgan fingerprint density at radius 2 is 1.46 bits per heavy atom. The number of ether oxygens (including phenoxy) is 4. The van der Waals surface area contributed by atoms with E-state index in [2.05, 4.69) is 47.6 Å². The minimum atomic E-state index is -1.73. The van der Waals surface area contributed by atoms with Crippen molar-refractivity contribution in [3.63, 3.8) is 0 Å². The summed E-state index contributed by atoms with van der Waals surface area (Å²) in [4.78, 5) is 0. The molecule has 0 amide bonds. The van der Waals surface area contributed by atoms with Gasteiger partial charge in [0, 0.05) is 10.8 Å². The van der Waals surface area contributed by atoms with Crippen molar-refractivity contribution in [2.24, 2.45) is 50.2 Å². The van der Waals surface area contributed by atoms with Crippen LogP contribution in [0.2, 0.25) is 0 Å². The summed E-state index contributed by atoms with van der Waals surface area (Å²) in [7, 11) is 0. The third-order valence-corrected chi connectivity index (χ3v) is 17.1. The van der Waals surface area contributed by atoms with Crippen molar-refractivity contribution in [1.29, 1.82) is 0 Å². The van der Waals surface area contributed by atoms with Gasteiger partial charge in [-0.2, -0.15) is 0 Å². The van der Waals surface area contributed by atoms with Crippen LogP contribution in [0.15, 0.2) is 11.6 Å². The highest BCUT2D eigenvalue weighted by Gasteiger charge is 2.70. The zero-order valence-electron chi connectivity index (χ0n) is 33.0. The first-order valence-electron chi connectivity index (χ1n) is 20.5. The molecule has 0 aromatic rings. The molecule has 5 aliphatic carbocycles. The van der Waals surface area contributed by atoms with Gasteiger partial charge in [-0.05, 0) is 97.2 Å². The Morgan fingerprint density at radius 3 is 2.13 bits per heavy atom. The topological polar surface area (TPSA) is 219 Å². The minimum absolute atomic E-state index is 0.00633. The van der Waals surface area contributed by atoms with Gasteiger partial charge >= 0.3 is 0 Å². The van der Waals surface area contributed by atoms with Crippen molar-refractivity contribution in [3.05, 3.63) is 11.6 Å². The summed E-state index contributed by atoms with van der Waals surface area (Å²) in [5, 5.41) is 96.9. The highest BCUT2D eigenvalue weighted by atomic mass is 16.8. The normalized spacial score (nSPS) is 55.8. The van der Waals surface area contributed by atoms with E-state index in [9.17, 15) is 46.0 Å². The molecule has 7 rings (SSSR count). The second-order valence-electron chi connectivity index (χ2n) is 20.2. The van der Waals surface area contributed by atoms with Gasteiger partial charge in [0.2, 0.25) is 0 Å². The van der Waals surface area contributed by atoms with E-state index in [0.717, 1.165) is 44.9 Å². The van der Waals surface area contributed by atoms with Crippen LogP contribution in [0, 0.1) is 50.2 Å². The van der Waals surface area contributed by atoms with Crippen molar-refractivity contribution < 1.29 is 64.9 Å². The van der Waals surface area contributed by atoms with Crippen LogP contribution < -0.4 is 0 Å². The number of rotatable bonds is 7. The van der Waals surface area contributed by atoms with E-state index in [-0.39, 0.29) is 59.2 Å². The maximum atomic E-state index is 12.0. The van der Waals surface area contributed by atoms with E-state index in [1.165, 1.54) is 5.57 Å². The predicted octanol–water partition coefficient (Wildman–Crippen LogP) is 1.37. The van der Waals surface area contributed by atoms with Gasteiger partial charge in [-0.15, -0.1) is 0 Å². The molecule has 0 bridgehead atoms. The van der Waals surface area contributed by atoms with Crippen LogP contribution in [-0.4, -0.2) is 140 Å². The van der Waals surface area contributed by atoms with E-state index >= 15 is 0 Å². The van der Waals surface area contributed by atoms with Crippen LogP contribution in [0.4, 0.5) is 0 Å². The van der Waals surface area contributed by atoms with Gasteiger partial charge in [-0.3, -0.25) is 0 Å². The molecule has 310 valence electrons. The molecular weight excluding hydrogens is 700 g/mol. The zero-order valence-corrected chi connectivity index (χ0v) is 33.0. The molecule has 0 aromatic carbocycles. The molecule has 19 atom stereocenters. The van der Waals surface area contributed by atoms with Crippen molar-refractivity contribution in [3.8, 4) is 0 Å². The van der Waals surface area contributed by atoms with E-state index in [0.29, 0.717) is 12.8 Å². The van der Waals surface area contributed by atoms with Crippen LogP contribution in [0.1, 0.15) is 99.3 Å².